The van der Waals surface area contributed by atoms with E-state index in [2.05, 4.69) is 40.5 Å². The monoisotopic (exact) mass is 260 g/mol. The highest BCUT2D eigenvalue weighted by molar-refractivity contribution is 5.19. The minimum Gasteiger partial charge on any atom is -0.380 e. The van der Waals surface area contributed by atoms with Crippen molar-refractivity contribution in [1.29, 1.82) is 0 Å². The van der Waals surface area contributed by atoms with Crippen LogP contribution < -0.4 is 5.32 Å². The highest BCUT2D eigenvalue weighted by Crippen LogP contribution is 2.28. The summed E-state index contributed by atoms with van der Waals surface area (Å²) < 4.78 is 5.74. The minimum atomic E-state index is 0.471. The Bertz CT molecular complexity index is 378. The standard InChI is InChI=1S/C16H24N2O/c1-2-4-15(5-3-1)16-12-18(9-8-17-16)10-11-19-13-14-6-7-14/h1-5,14,16-17H,6-13H2. The fourth-order valence-electron chi connectivity index (χ4n) is 2.65. The van der Waals surface area contributed by atoms with Crippen molar-refractivity contribution in [2.24, 2.45) is 5.92 Å². The van der Waals surface area contributed by atoms with Crippen LogP contribution in [0.25, 0.3) is 0 Å². The third-order valence-corrected chi connectivity index (χ3v) is 4.06. The van der Waals surface area contributed by atoms with Crippen molar-refractivity contribution in [3.63, 3.8) is 0 Å². The Morgan fingerprint density at radius 3 is 2.84 bits per heavy atom. The Hall–Kier alpha value is -0.900. The van der Waals surface area contributed by atoms with Crippen molar-refractivity contribution in [3.05, 3.63) is 35.9 Å². The van der Waals surface area contributed by atoms with Crippen LogP contribution in [0.2, 0.25) is 0 Å². The van der Waals surface area contributed by atoms with E-state index in [9.17, 15) is 0 Å². The third kappa shape index (κ3) is 4.03. The largest absolute Gasteiger partial charge is 0.380 e. The van der Waals surface area contributed by atoms with Gasteiger partial charge in [-0.25, -0.2) is 0 Å². The number of piperazine rings is 1. The molecule has 104 valence electrons. The van der Waals surface area contributed by atoms with E-state index in [-0.39, 0.29) is 0 Å². The lowest BCUT2D eigenvalue weighted by Crippen LogP contribution is -2.46. The Labute approximate surface area is 115 Å². The highest BCUT2D eigenvalue weighted by Gasteiger charge is 2.22. The van der Waals surface area contributed by atoms with E-state index >= 15 is 0 Å². The van der Waals surface area contributed by atoms with Gasteiger partial charge in [-0.1, -0.05) is 30.3 Å². The molecule has 1 aliphatic carbocycles. The molecule has 1 unspecified atom stereocenters. The second-order valence-electron chi connectivity index (χ2n) is 5.74. The molecule has 1 N–H and O–H groups in total. The lowest BCUT2D eigenvalue weighted by atomic mass is 10.0. The van der Waals surface area contributed by atoms with Crippen molar-refractivity contribution in [2.75, 3.05) is 39.4 Å². The van der Waals surface area contributed by atoms with E-state index < -0.39 is 0 Å². The number of nitrogens with zero attached hydrogens (tertiary/aromatic N) is 1. The summed E-state index contributed by atoms with van der Waals surface area (Å²) in [6.07, 6.45) is 2.76. The van der Waals surface area contributed by atoms with Crippen LogP contribution in [-0.4, -0.2) is 44.3 Å². The van der Waals surface area contributed by atoms with Crippen molar-refractivity contribution < 1.29 is 4.74 Å². The number of hydrogen-bond donors (Lipinski definition) is 1. The van der Waals surface area contributed by atoms with Gasteiger partial charge in [-0.2, -0.15) is 0 Å². The third-order valence-electron chi connectivity index (χ3n) is 4.06. The van der Waals surface area contributed by atoms with Gasteiger partial charge in [0.05, 0.1) is 6.61 Å². The van der Waals surface area contributed by atoms with E-state index in [1.165, 1.54) is 18.4 Å². The van der Waals surface area contributed by atoms with Crippen molar-refractivity contribution in [1.82, 2.24) is 10.2 Å². The summed E-state index contributed by atoms with van der Waals surface area (Å²) in [6.45, 7) is 6.24. The average molecular weight is 260 g/mol. The molecule has 0 spiro atoms. The molecule has 0 amide bonds. The number of benzene rings is 1. The summed E-state index contributed by atoms with van der Waals surface area (Å²) in [7, 11) is 0. The summed E-state index contributed by atoms with van der Waals surface area (Å²) in [5.41, 5.74) is 1.39. The molecule has 1 aromatic rings. The fourth-order valence-corrected chi connectivity index (χ4v) is 2.65. The van der Waals surface area contributed by atoms with Gasteiger partial charge in [0.2, 0.25) is 0 Å². The molecular formula is C16H24N2O. The number of rotatable bonds is 6. The van der Waals surface area contributed by atoms with Crippen LogP contribution >= 0.6 is 0 Å². The van der Waals surface area contributed by atoms with Gasteiger partial charge in [0.15, 0.2) is 0 Å². The van der Waals surface area contributed by atoms with Crippen LogP contribution in [0.5, 0.6) is 0 Å². The molecule has 2 fully saturated rings. The van der Waals surface area contributed by atoms with Crippen LogP contribution in [0.4, 0.5) is 0 Å². The van der Waals surface area contributed by atoms with Crippen molar-refractivity contribution in [2.45, 2.75) is 18.9 Å². The molecule has 1 aliphatic heterocycles. The van der Waals surface area contributed by atoms with Crippen LogP contribution in [0, 0.1) is 5.92 Å². The van der Waals surface area contributed by atoms with Crippen LogP contribution in [0.15, 0.2) is 30.3 Å². The summed E-state index contributed by atoms with van der Waals surface area (Å²) in [4.78, 5) is 2.51. The Morgan fingerprint density at radius 2 is 2.05 bits per heavy atom. The lowest BCUT2D eigenvalue weighted by molar-refractivity contribution is 0.0855. The van der Waals surface area contributed by atoms with Crippen LogP contribution in [0.1, 0.15) is 24.4 Å². The molecule has 0 radical (unpaired) electrons. The first-order valence-electron chi connectivity index (χ1n) is 7.50. The Kier molecular flexibility index (Phi) is 4.49. The van der Waals surface area contributed by atoms with E-state index in [4.69, 9.17) is 4.74 Å². The molecule has 3 rings (SSSR count). The first-order valence-corrected chi connectivity index (χ1v) is 7.50. The quantitative estimate of drug-likeness (QED) is 0.792. The first kappa shape index (κ1) is 13.1. The normalized spacial score (nSPS) is 24.5. The van der Waals surface area contributed by atoms with E-state index in [1.807, 2.05) is 0 Å². The first-order chi connectivity index (χ1) is 9.42. The van der Waals surface area contributed by atoms with Gasteiger partial charge in [-0.3, -0.25) is 4.90 Å². The number of ether oxygens (including phenoxy) is 1. The summed E-state index contributed by atoms with van der Waals surface area (Å²) in [5, 5.41) is 3.60. The van der Waals surface area contributed by atoms with Crippen molar-refractivity contribution >= 4 is 0 Å². The molecule has 1 heterocycles. The second kappa shape index (κ2) is 6.51. The van der Waals surface area contributed by atoms with Gasteiger partial charge in [0.1, 0.15) is 0 Å². The molecule has 1 atom stereocenters. The fraction of sp³-hybridized carbons (Fsp3) is 0.625. The SMILES string of the molecule is c1ccc(C2CN(CCOCC3CC3)CCN2)cc1. The zero-order chi connectivity index (χ0) is 12.9. The molecule has 0 aromatic heterocycles. The van der Waals surface area contributed by atoms with Gasteiger partial charge in [0, 0.05) is 38.8 Å². The zero-order valence-corrected chi connectivity index (χ0v) is 11.6. The molecule has 1 saturated carbocycles. The van der Waals surface area contributed by atoms with E-state index in [0.717, 1.165) is 45.3 Å². The van der Waals surface area contributed by atoms with E-state index in [0.29, 0.717) is 6.04 Å². The molecule has 3 heteroatoms. The molecule has 2 aliphatic rings. The Balaban J connectivity index is 1.42. The zero-order valence-electron chi connectivity index (χ0n) is 11.6. The predicted molar refractivity (Wildman–Crippen MR) is 77.2 cm³/mol. The predicted octanol–water partition coefficient (Wildman–Crippen LogP) is 2.06. The summed E-state index contributed by atoms with van der Waals surface area (Å²) in [5.74, 6) is 0.875. The number of hydrogen-bond acceptors (Lipinski definition) is 3. The maximum atomic E-state index is 5.74. The van der Waals surface area contributed by atoms with E-state index in [1.54, 1.807) is 0 Å². The maximum Gasteiger partial charge on any atom is 0.0593 e. The summed E-state index contributed by atoms with van der Waals surface area (Å²) in [6, 6.07) is 11.2. The van der Waals surface area contributed by atoms with Gasteiger partial charge < -0.3 is 10.1 Å². The number of nitrogens with one attached hydrogen (secondary N) is 1. The van der Waals surface area contributed by atoms with Gasteiger partial charge in [0.25, 0.3) is 0 Å². The Morgan fingerprint density at radius 1 is 1.21 bits per heavy atom. The van der Waals surface area contributed by atoms with Gasteiger partial charge >= 0.3 is 0 Å². The smallest absolute Gasteiger partial charge is 0.0593 e. The molecule has 0 bridgehead atoms. The molecule has 1 saturated heterocycles. The topological polar surface area (TPSA) is 24.5 Å². The van der Waals surface area contributed by atoms with Crippen LogP contribution in [-0.2, 0) is 4.74 Å². The van der Waals surface area contributed by atoms with Crippen molar-refractivity contribution in [3.8, 4) is 0 Å². The van der Waals surface area contributed by atoms with Gasteiger partial charge in [-0.05, 0) is 24.3 Å². The average Bonchev–Trinajstić information content (AvgIpc) is 3.29. The minimum absolute atomic E-state index is 0.471. The molecular weight excluding hydrogens is 236 g/mol. The highest BCUT2D eigenvalue weighted by atomic mass is 16.5. The lowest BCUT2D eigenvalue weighted by Gasteiger charge is -2.33. The van der Waals surface area contributed by atoms with Crippen LogP contribution in [0.3, 0.4) is 0 Å². The van der Waals surface area contributed by atoms with Gasteiger partial charge in [-0.15, -0.1) is 0 Å². The second-order valence-corrected chi connectivity index (χ2v) is 5.74. The maximum absolute atomic E-state index is 5.74. The molecule has 3 nitrogen and oxygen atoms in total. The molecule has 1 aromatic carbocycles. The molecule has 19 heavy (non-hydrogen) atoms. The summed E-state index contributed by atoms with van der Waals surface area (Å²) >= 11 is 0.